The number of hydrogen-bond donors (Lipinski definition) is 1. The van der Waals surface area contributed by atoms with Crippen LogP contribution in [0.3, 0.4) is 0 Å². The number of nitrogens with one attached hydrogen (secondary N) is 1. The first-order chi connectivity index (χ1) is 10.4. The Hall–Kier alpha value is -0.910. The molecule has 0 aliphatic carbocycles. The van der Waals surface area contributed by atoms with Gasteiger partial charge in [-0.3, -0.25) is 0 Å². The average Bonchev–Trinajstić information content (AvgIpc) is 2.92. The second-order valence-corrected chi connectivity index (χ2v) is 9.03. The van der Waals surface area contributed by atoms with E-state index in [-0.39, 0.29) is 5.41 Å². The van der Waals surface area contributed by atoms with E-state index in [9.17, 15) is 8.42 Å². The molecule has 2 fully saturated rings. The van der Waals surface area contributed by atoms with Crippen LogP contribution in [0.5, 0.6) is 0 Å². The number of hydrogen-bond acceptors (Lipinski definition) is 3. The van der Waals surface area contributed by atoms with E-state index in [4.69, 9.17) is 0 Å². The van der Waals surface area contributed by atoms with Gasteiger partial charge in [0.15, 0.2) is 0 Å². The van der Waals surface area contributed by atoms with Crippen molar-refractivity contribution in [2.45, 2.75) is 43.9 Å². The maximum atomic E-state index is 12.8. The minimum Gasteiger partial charge on any atom is -0.316 e. The van der Waals surface area contributed by atoms with Crippen molar-refractivity contribution < 1.29 is 8.42 Å². The molecule has 2 saturated heterocycles. The van der Waals surface area contributed by atoms with Crippen molar-refractivity contribution in [3.63, 3.8) is 0 Å². The van der Waals surface area contributed by atoms with Gasteiger partial charge in [-0.05, 0) is 54.8 Å². The lowest BCUT2D eigenvalue weighted by molar-refractivity contribution is 0.224. The zero-order chi connectivity index (χ0) is 15.8. The summed E-state index contributed by atoms with van der Waals surface area (Å²) in [6, 6.07) is 7.39. The number of nitrogens with zero attached hydrogens (tertiary/aromatic N) is 1. The Bertz CT molecular complexity index is 617. The van der Waals surface area contributed by atoms with Gasteiger partial charge in [-0.25, -0.2) is 8.42 Å². The molecule has 1 atom stereocenters. The van der Waals surface area contributed by atoms with Crippen molar-refractivity contribution in [3.8, 4) is 0 Å². The average molecular weight is 322 g/mol. The molecule has 0 saturated carbocycles. The van der Waals surface area contributed by atoms with Gasteiger partial charge in [0.25, 0.3) is 0 Å². The summed E-state index contributed by atoms with van der Waals surface area (Å²) >= 11 is 0. The molecule has 1 aromatic rings. The number of sulfonamides is 1. The minimum absolute atomic E-state index is 0.156. The Kier molecular flexibility index (Phi) is 4.32. The zero-order valence-electron chi connectivity index (χ0n) is 13.5. The van der Waals surface area contributed by atoms with E-state index in [1.54, 1.807) is 16.4 Å². The predicted molar refractivity (Wildman–Crippen MR) is 88.4 cm³/mol. The molecule has 3 rings (SSSR count). The highest BCUT2D eigenvalue weighted by Gasteiger charge is 2.43. The third kappa shape index (κ3) is 2.94. The van der Waals surface area contributed by atoms with E-state index < -0.39 is 10.0 Å². The van der Waals surface area contributed by atoms with Crippen LogP contribution in [-0.4, -0.2) is 38.9 Å². The molecule has 2 aliphatic rings. The van der Waals surface area contributed by atoms with Crippen LogP contribution in [0.1, 0.15) is 44.6 Å². The molecule has 22 heavy (non-hydrogen) atoms. The van der Waals surface area contributed by atoms with E-state index in [0.717, 1.165) is 32.4 Å². The van der Waals surface area contributed by atoms with Crippen molar-refractivity contribution in [1.29, 1.82) is 0 Å². The molecular weight excluding hydrogens is 296 g/mol. The first-order valence-corrected chi connectivity index (χ1v) is 9.68. The van der Waals surface area contributed by atoms with Gasteiger partial charge < -0.3 is 5.32 Å². The van der Waals surface area contributed by atoms with Crippen LogP contribution in [0, 0.1) is 5.41 Å². The maximum absolute atomic E-state index is 12.8. The number of piperidine rings is 1. The van der Waals surface area contributed by atoms with E-state index in [1.807, 2.05) is 12.1 Å². The molecule has 0 amide bonds. The van der Waals surface area contributed by atoms with Gasteiger partial charge in [0.2, 0.25) is 10.0 Å². The molecule has 1 aromatic carbocycles. The fourth-order valence-electron chi connectivity index (χ4n) is 3.65. The van der Waals surface area contributed by atoms with Gasteiger partial charge in [-0.2, -0.15) is 4.31 Å². The van der Waals surface area contributed by atoms with Crippen LogP contribution in [0.4, 0.5) is 0 Å². The Morgan fingerprint density at radius 1 is 1.18 bits per heavy atom. The molecular formula is C17H26N2O2S. The summed E-state index contributed by atoms with van der Waals surface area (Å²) in [4.78, 5) is 0.428. The minimum atomic E-state index is -3.35. The fraction of sp³-hybridized carbons (Fsp3) is 0.647. The molecule has 2 heterocycles. The largest absolute Gasteiger partial charge is 0.316 e. The molecule has 1 N–H and O–H groups in total. The van der Waals surface area contributed by atoms with E-state index in [0.29, 0.717) is 23.9 Å². The van der Waals surface area contributed by atoms with Gasteiger partial charge in [-0.1, -0.05) is 26.0 Å². The van der Waals surface area contributed by atoms with Crippen molar-refractivity contribution in [2.24, 2.45) is 5.41 Å². The summed E-state index contributed by atoms with van der Waals surface area (Å²) in [5.74, 6) is 0.417. The molecule has 0 radical (unpaired) electrons. The zero-order valence-corrected chi connectivity index (χ0v) is 14.3. The summed E-state index contributed by atoms with van der Waals surface area (Å²) in [5.41, 5.74) is 1.33. The van der Waals surface area contributed by atoms with Gasteiger partial charge in [0.05, 0.1) is 4.90 Å². The first kappa shape index (κ1) is 16.0. The maximum Gasteiger partial charge on any atom is 0.243 e. The van der Waals surface area contributed by atoms with E-state index in [2.05, 4.69) is 19.2 Å². The van der Waals surface area contributed by atoms with Crippen molar-refractivity contribution in [2.75, 3.05) is 26.2 Å². The Balaban J connectivity index is 1.78. The summed E-state index contributed by atoms with van der Waals surface area (Å²) < 4.78 is 27.4. The highest BCUT2D eigenvalue weighted by molar-refractivity contribution is 7.89. The molecule has 0 bridgehead atoms. The summed E-state index contributed by atoms with van der Waals surface area (Å²) in [6.45, 7) is 7.55. The van der Waals surface area contributed by atoms with Crippen LogP contribution in [0.25, 0.3) is 0 Å². The number of rotatable bonds is 3. The SMILES string of the molecule is CC(C)c1ccc(S(=O)(=O)N2CC[C@@]3(CCCNC3)C2)cc1. The molecule has 2 aliphatic heterocycles. The predicted octanol–water partition coefficient (Wildman–Crippen LogP) is 2.57. The van der Waals surface area contributed by atoms with Crippen molar-refractivity contribution in [3.05, 3.63) is 29.8 Å². The topological polar surface area (TPSA) is 49.4 Å². The lowest BCUT2D eigenvalue weighted by Gasteiger charge is -2.33. The molecule has 5 heteroatoms. The highest BCUT2D eigenvalue weighted by atomic mass is 32.2. The number of benzene rings is 1. The van der Waals surface area contributed by atoms with Crippen LogP contribution in [0.15, 0.2) is 29.2 Å². The van der Waals surface area contributed by atoms with Gasteiger partial charge >= 0.3 is 0 Å². The highest BCUT2D eigenvalue weighted by Crippen LogP contribution is 2.38. The van der Waals surface area contributed by atoms with E-state index >= 15 is 0 Å². The van der Waals surface area contributed by atoms with Crippen LogP contribution >= 0.6 is 0 Å². The summed E-state index contributed by atoms with van der Waals surface area (Å²) in [6.07, 6.45) is 3.26. The summed E-state index contributed by atoms with van der Waals surface area (Å²) in [5, 5.41) is 3.43. The van der Waals surface area contributed by atoms with Gasteiger partial charge in [0.1, 0.15) is 0 Å². The van der Waals surface area contributed by atoms with Crippen LogP contribution < -0.4 is 5.32 Å². The molecule has 0 aromatic heterocycles. The normalized spacial score (nSPS) is 26.9. The van der Waals surface area contributed by atoms with Crippen LogP contribution in [-0.2, 0) is 10.0 Å². The smallest absolute Gasteiger partial charge is 0.243 e. The van der Waals surface area contributed by atoms with Crippen LogP contribution in [0.2, 0.25) is 0 Å². The quantitative estimate of drug-likeness (QED) is 0.930. The third-order valence-corrected chi connectivity index (χ3v) is 7.01. The first-order valence-electron chi connectivity index (χ1n) is 8.24. The van der Waals surface area contributed by atoms with Crippen molar-refractivity contribution in [1.82, 2.24) is 9.62 Å². The third-order valence-electron chi connectivity index (χ3n) is 5.15. The lowest BCUT2D eigenvalue weighted by atomic mass is 9.80. The lowest BCUT2D eigenvalue weighted by Crippen LogP contribution is -2.42. The molecule has 0 unspecified atom stereocenters. The monoisotopic (exact) mass is 322 g/mol. The van der Waals surface area contributed by atoms with Crippen molar-refractivity contribution >= 4 is 10.0 Å². The fourth-order valence-corrected chi connectivity index (χ4v) is 5.21. The second-order valence-electron chi connectivity index (χ2n) is 7.09. The Morgan fingerprint density at radius 3 is 2.50 bits per heavy atom. The van der Waals surface area contributed by atoms with E-state index in [1.165, 1.54) is 5.56 Å². The van der Waals surface area contributed by atoms with Gasteiger partial charge in [-0.15, -0.1) is 0 Å². The van der Waals surface area contributed by atoms with Gasteiger partial charge in [0, 0.05) is 19.6 Å². The summed E-state index contributed by atoms with van der Waals surface area (Å²) in [7, 11) is -3.35. The Labute approximate surface area is 134 Å². The molecule has 4 nitrogen and oxygen atoms in total. The molecule has 122 valence electrons. The Morgan fingerprint density at radius 2 is 1.91 bits per heavy atom. The molecule has 1 spiro atoms. The standard InChI is InChI=1S/C17H26N2O2S/c1-14(2)15-4-6-16(7-5-15)22(20,21)19-11-9-17(13-19)8-3-10-18-12-17/h4-7,14,18H,3,8-13H2,1-2H3/t17-/m1/s1. The second kappa shape index (κ2) is 5.95.